The van der Waals surface area contributed by atoms with Crippen molar-refractivity contribution in [1.82, 2.24) is 0 Å². The van der Waals surface area contributed by atoms with Crippen LogP contribution in [0.25, 0.3) is 10.4 Å². The SMILES string of the molecule is CS(=O)(=O)Nc1cccc(-c2ccc(C(/C=C(\N)C(F)(F)F)=Nc3ccccc3F)s2)c1. The molecule has 0 aliphatic heterocycles. The molecule has 0 saturated carbocycles. The van der Waals surface area contributed by atoms with Gasteiger partial charge in [0.15, 0.2) is 0 Å². The van der Waals surface area contributed by atoms with E-state index in [1.165, 1.54) is 24.3 Å². The van der Waals surface area contributed by atoms with E-state index in [1.807, 2.05) is 0 Å². The van der Waals surface area contributed by atoms with E-state index in [9.17, 15) is 26.0 Å². The standard InChI is InChI=1S/C21H17F4N3O2S2/c1-32(29,30)28-14-6-4-5-13(11-14)18-9-10-19(31-18)17(12-20(26)21(23,24)25)27-16-8-3-2-7-15(16)22/h2-12,28H,26H2,1H3/b20-12-,27-17?. The number of rotatable bonds is 6. The predicted molar refractivity (Wildman–Crippen MR) is 119 cm³/mol. The van der Waals surface area contributed by atoms with Gasteiger partial charge in [0.2, 0.25) is 10.0 Å². The first kappa shape index (κ1) is 23.5. The van der Waals surface area contributed by atoms with Crippen LogP contribution in [0.1, 0.15) is 4.88 Å². The normalized spacial score (nSPS) is 13.3. The highest BCUT2D eigenvalue weighted by atomic mass is 32.2. The summed E-state index contributed by atoms with van der Waals surface area (Å²) in [4.78, 5) is 5.01. The maximum Gasteiger partial charge on any atom is 0.430 e. The number of nitrogens with zero attached hydrogens (tertiary/aromatic N) is 1. The highest BCUT2D eigenvalue weighted by Gasteiger charge is 2.32. The van der Waals surface area contributed by atoms with Gasteiger partial charge in [0, 0.05) is 10.6 Å². The third-order valence-electron chi connectivity index (χ3n) is 4.02. The van der Waals surface area contributed by atoms with Crippen molar-refractivity contribution in [2.75, 3.05) is 11.0 Å². The number of benzene rings is 2. The summed E-state index contributed by atoms with van der Waals surface area (Å²) in [5.74, 6) is -0.694. The Morgan fingerprint density at radius 1 is 1.09 bits per heavy atom. The summed E-state index contributed by atoms with van der Waals surface area (Å²) < 4.78 is 78.4. The van der Waals surface area contributed by atoms with E-state index < -0.39 is 27.7 Å². The van der Waals surface area contributed by atoms with E-state index in [0.29, 0.717) is 27.1 Å². The molecule has 1 aromatic heterocycles. The number of allylic oxidation sites excluding steroid dienone is 2. The summed E-state index contributed by atoms with van der Waals surface area (Å²) in [6, 6.07) is 15.1. The van der Waals surface area contributed by atoms with Crippen molar-refractivity contribution in [3.63, 3.8) is 0 Å². The number of sulfonamides is 1. The van der Waals surface area contributed by atoms with Gasteiger partial charge >= 0.3 is 6.18 Å². The molecule has 0 aliphatic carbocycles. The molecule has 3 rings (SSSR count). The van der Waals surface area contributed by atoms with Gasteiger partial charge in [-0.2, -0.15) is 13.2 Å². The smallest absolute Gasteiger partial charge is 0.395 e. The number of aliphatic imine (C=N–C) groups is 1. The zero-order chi connectivity index (χ0) is 23.5. The highest BCUT2D eigenvalue weighted by Crippen LogP contribution is 2.32. The fourth-order valence-corrected chi connectivity index (χ4v) is 4.16. The van der Waals surface area contributed by atoms with Gasteiger partial charge in [-0.1, -0.05) is 24.3 Å². The average Bonchev–Trinajstić information content (AvgIpc) is 3.17. The molecule has 11 heteroatoms. The van der Waals surface area contributed by atoms with Gasteiger partial charge in [-0.15, -0.1) is 11.3 Å². The average molecular weight is 484 g/mol. The number of hydrogen-bond donors (Lipinski definition) is 2. The zero-order valence-corrected chi connectivity index (χ0v) is 18.2. The quantitative estimate of drug-likeness (QED) is 0.361. The highest BCUT2D eigenvalue weighted by molar-refractivity contribution is 7.92. The molecule has 3 N–H and O–H groups in total. The zero-order valence-electron chi connectivity index (χ0n) is 16.5. The molecular weight excluding hydrogens is 466 g/mol. The first-order valence-electron chi connectivity index (χ1n) is 8.98. The molecule has 2 aromatic carbocycles. The Bertz CT molecular complexity index is 1300. The summed E-state index contributed by atoms with van der Waals surface area (Å²) in [6.07, 6.45) is -3.10. The lowest BCUT2D eigenvalue weighted by molar-refractivity contribution is -0.0925. The van der Waals surface area contributed by atoms with Crippen LogP contribution in [0.15, 0.2) is 77.4 Å². The second-order valence-electron chi connectivity index (χ2n) is 6.66. The summed E-state index contributed by atoms with van der Waals surface area (Å²) in [5.41, 5.74) is 4.48. The van der Waals surface area contributed by atoms with Crippen LogP contribution in [0.3, 0.4) is 0 Å². The van der Waals surface area contributed by atoms with E-state index in [2.05, 4.69) is 9.71 Å². The molecule has 0 bridgehead atoms. The Balaban J connectivity index is 2.05. The fraction of sp³-hybridized carbons (Fsp3) is 0.0952. The minimum Gasteiger partial charge on any atom is -0.395 e. The third kappa shape index (κ3) is 6.17. The topological polar surface area (TPSA) is 84.5 Å². The molecule has 0 spiro atoms. The molecule has 0 atom stereocenters. The van der Waals surface area contributed by atoms with E-state index >= 15 is 0 Å². The van der Waals surface area contributed by atoms with Crippen molar-refractivity contribution in [2.24, 2.45) is 10.7 Å². The molecule has 5 nitrogen and oxygen atoms in total. The number of anilines is 1. The van der Waals surface area contributed by atoms with Crippen LogP contribution in [-0.4, -0.2) is 26.6 Å². The second-order valence-corrected chi connectivity index (χ2v) is 9.50. The monoisotopic (exact) mass is 483 g/mol. The van der Waals surface area contributed by atoms with Crippen LogP contribution in [0.4, 0.5) is 28.9 Å². The van der Waals surface area contributed by atoms with Crippen molar-refractivity contribution >= 4 is 38.4 Å². The lowest BCUT2D eigenvalue weighted by Gasteiger charge is -2.08. The van der Waals surface area contributed by atoms with Crippen molar-refractivity contribution < 1.29 is 26.0 Å². The maximum absolute atomic E-state index is 14.1. The van der Waals surface area contributed by atoms with Gasteiger partial charge in [0.05, 0.1) is 22.5 Å². The van der Waals surface area contributed by atoms with Crippen molar-refractivity contribution in [3.8, 4) is 10.4 Å². The summed E-state index contributed by atoms with van der Waals surface area (Å²) in [7, 11) is -3.48. The van der Waals surface area contributed by atoms with Crippen LogP contribution in [0.2, 0.25) is 0 Å². The lowest BCUT2D eigenvalue weighted by atomic mass is 10.1. The van der Waals surface area contributed by atoms with Gasteiger partial charge < -0.3 is 5.73 Å². The minimum absolute atomic E-state index is 0.136. The number of nitrogens with two attached hydrogens (primary N) is 1. The molecule has 1 heterocycles. The van der Waals surface area contributed by atoms with Gasteiger partial charge in [0.1, 0.15) is 11.5 Å². The predicted octanol–water partition coefficient (Wildman–Crippen LogP) is 5.45. The number of thiophene rings is 1. The molecule has 32 heavy (non-hydrogen) atoms. The molecule has 3 aromatic rings. The first-order chi connectivity index (χ1) is 14.9. The molecule has 0 amide bonds. The Morgan fingerprint density at radius 2 is 1.81 bits per heavy atom. The number of hydrogen-bond acceptors (Lipinski definition) is 5. The lowest BCUT2D eigenvalue weighted by Crippen LogP contribution is -2.20. The number of para-hydroxylation sites is 1. The van der Waals surface area contributed by atoms with Gasteiger partial charge in [-0.05, 0) is 48.0 Å². The van der Waals surface area contributed by atoms with Crippen LogP contribution in [-0.2, 0) is 10.0 Å². The number of alkyl halides is 3. The van der Waals surface area contributed by atoms with E-state index in [0.717, 1.165) is 23.7 Å². The van der Waals surface area contributed by atoms with Crippen molar-refractivity contribution in [3.05, 3.63) is 83.1 Å². The molecule has 0 radical (unpaired) electrons. The van der Waals surface area contributed by atoms with Crippen LogP contribution in [0, 0.1) is 5.82 Å². The largest absolute Gasteiger partial charge is 0.430 e. The van der Waals surface area contributed by atoms with E-state index in [1.54, 1.807) is 30.3 Å². The summed E-state index contributed by atoms with van der Waals surface area (Å²) in [6.45, 7) is 0. The van der Waals surface area contributed by atoms with Crippen molar-refractivity contribution in [1.29, 1.82) is 0 Å². The molecular formula is C21H17F4N3O2S2. The first-order valence-corrected chi connectivity index (χ1v) is 11.7. The molecule has 0 unspecified atom stereocenters. The van der Waals surface area contributed by atoms with E-state index in [-0.39, 0.29) is 11.4 Å². The van der Waals surface area contributed by atoms with Crippen LogP contribution >= 0.6 is 11.3 Å². The molecule has 168 valence electrons. The third-order valence-corrected chi connectivity index (χ3v) is 5.79. The van der Waals surface area contributed by atoms with Gasteiger partial charge in [-0.25, -0.2) is 17.8 Å². The summed E-state index contributed by atoms with van der Waals surface area (Å²) >= 11 is 1.10. The van der Waals surface area contributed by atoms with Crippen molar-refractivity contribution in [2.45, 2.75) is 6.18 Å². The van der Waals surface area contributed by atoms with Gasteiger partial charge in [0.25, 0.3) is 0 Å². The second kappa shape index (κ2) is 9.13. The maximum atomic E-state index is 14.1. The Hall–Kier alpha value is -3.18. The number of nitrogens with one attached hydrogen (secondary N) is 1. The van der Waals surface area contributed by atoms with E-state index in [4.69, 9.17) is 5.73 Å². The minimum atomic E-state index is -4.78. The molecule has 0 saturated heterocycles. The summed E-state index contributed by atoms with van der Waals surface area (Å²) in [5, 5.41) is 0. The van der Waals surface area contributed by atoms with Gasteiger partial charge in [-0.3, -0.25) is 4.72 Å². The van der Waals surface area contributed by atoms with Crippen LogP contribution in [0.5, 0.6) is 0 Å². The number of halogens is 4. The Morgan fingerprint density at radius 3 is 2.47 bits per heavy atom. The Kier molecular flexibility index (Phi) is 6.70. The molecule has 0 fully saturated rings. The van der Waals surface area contributed by atoms with Crippen LogP contribution < -0.4 is 10.5 Å². The Labute approximate surface area is 186 Å². The molecule has 0 aliphatic rings. The fourth-order valence-electron chi connectivity index (χ4n) is 2.64.